The number of hydrogen-bond acceptors (Lipinski definition) is 2. The second kappa shape index (κ2) is 5.26. The lowest BCUT2D eigenvalue weighted by atomic mass is 10.3. The molecule has 0 aliphatic carbocycles. The van der Waals surface area contributed by atoms with Gasteiger partial charge in [-0.25, -0.2) is 0 Å². The maximum atomic E-state index is 5.44. The van der Waals surface area contributed by atoms with Crippen LogP contribution in [0.1, 0.15) is 12.6 Å². The highest BCUT2D eigenvalue weighted by molar-refractivity contribution is 5.48. The average molecular weight is 216 g/mol. The summed E-state index contributed by atoms with van der Waals surface area (Å²) in [7, 11) is 0. The lowest BCUT2D eigenvalue weighted by molar-refractivity contribution is 0.340. The molecule has 84 valence electrons. The van der Waals surface area contributed by atoms with Crippen molar-refractivity contribution in [3.63, 3.8) is 0 Å². The zero-order chi connectivity index (χ0) is 11.2. The summed E-state index contributed by atoms with van der Waals surface area (Å²) < 4.78 is 5.44. The summed E-state index contributed by atoms with van der Waals surface area (Å²) in [6.45, 7) is 3.47. The van der Waals surface area contributed by atoms with E-state index in [-0.39, 0.29) is 0 Å². The minimum atomic E-state index is 0.695. The highest BCUT2D eigenvalue weighted by Gasteiger charge is 1.96. The van der Waals surface area contributed by atoms with Gasteiger partial charge in [-0.3, -0.25) is 0 Å². The van der Waals surface area contributed by atoms with Crippen LogP contribution in [0.3, 0.4) is 0 Å². The smallest absolute Gasteiger partial charge is 0.121 e. The number of H-pyrrole nitrogens is 1. The number of benzene rings is 1. The topological polar surface area (TPSA) is 37.0 Å². The van der Waals surface area contributed by atoms with Gasteiger partial charge >= 0.3 is 0 Å². The van der Waals surface area contributed by atoms with E-state index in [0.717, 1.165) is 18.0 Å². The van der Waals surface area contributed by atoms with Crippen LogP contribution in [-0.4, -0.2) is 11.6 Å². The van der Waals surface area contributed by atoms with E-state index < -0.39 is 0 Å². The van der Waals surface area contributed by atoms with Gasteiger partial charge in [-0.1, -0.05) is 6.07 Å². The molecule has 16 heavy (non-hydrogen) atoms. The molecular formula is C13H16N2O. The summed E-state index contributed by atoms with van der Waals surface area (Å²) in [5.74, 6) is 0.902. The van der Waals surface area contributed by atoms with Crippen molar-refractivity contribution in [1.29, 1.82) is 0 Å². The molecule has 0 fully saturated rings. The van der Waals surface area contributed by atoms with Gasteiger partial charge in [0, 0.05) is 23.6 Å². The molecule has 1 aromatic heterocycles. The normalized spacial score (nSPS) is 10.1. The fraction of sp³-hybridized carbons (Fsp3) is 0.231. The van der Waals surface area contributed by atoms with Gasteiger partial charge in [0.1, 0.15) is 5.75 Å². The van der Waals surface area contributed by atoms with Gasteiger partial charge in [0.05, 0.1) is 13.2 Å². The van der Waals surface area contributed by atoms with E-state index in [0.29, 0.717) is 6.61 Å². The third-order valence-corrected chi connectivity index (χ3v) is 2.29. The van der Waals surface area contributed by atoms with E-state index >= 15 is 0 Å². The maximum absolute atomic E-state index is 5.44. The molecule has 1 heterocycles. The van der Waals surface area contributed by atoms with Gasteiger partial charge in [-0.05, 0) is 31.2 Å². The van der Waals surface area contributed by atoms with Crippen molar-refractivity contribution < 1.29 is 4.74 Å². The molecule has 0 bridgehead atoms. The zero-order valence-corrected chi connectivity index (χ0v) is 9.36. The van der Waals surface area contributed by atoms with Crippen molar-refractivity contribution in [2.75, 3.05) is 11.9 Å². The number of aromatic nitrogens is 1. The first kappa shape index (κ1) is 10.6. The average Bonchev–Trinajstić information content (AvgIpc) is 2.80. The third kappa shape index (κ3) is 2.79. The predicted molar refractivity (Wildman–Crippen MR) is 65.7 cm³/mol. The largest absolute Gasteiger partial charge is 0.494 e. The summed E-state index contributed by atoms with van der Waals surface area (Å²) in [5, 5.41) is 3.33. The Balaban J connectivity index is 1.96. The molecule has 2 rings (SSSR count). The Bertz CT molecular complexity index is 423. The number of aromatic amines is 1. The molecule has 2 N–H and O–H groups in total. The first-order chi connectivity index (χ1) is 7.88. The SMILES string of the molecule is CCOc1cccc(NCc2ccc[nH]2)c1. The quantitative estimate of drug-likeness (QED) is 0.806. The van der Waals surface area contributed by atoms with Gasteiger partial charge in [0.2, 0.25) is 0 Å². The Morgan fingerprint density at radius 3 is 2.94 bits per heavy atom. The molecular weight excluding hydrogens is 200 g/mol. The minimum Gasteiger partial charge on any atom is -0.494 e. The van der Waals surface area contributed by atoms with Crippen LogP contribution < -0.4 is 10.1 Å². The highest BCUT2D eigenvalue weighted by Crippen LogP contribution is 2.17. The van der Waals surface area contributed by atoms with Crippen LogP contribution in [0.25, 0.3) is 0 Å². The predicted octanol–water partition coefficient (Wildman–Crippen LogP) is 3.03. The van der Waals surface area contributed by atoms with E-state index in [9.17, 15) is 0 Å². The number of ether oxygens (including phenoxy) is 1. The number of rotatable bonds is 5. The monoisotopic (exact) mass is 216 g/mol. The van der Waals surface area contributed by atoms with E-state index in [4.69, 9.17) is 4.74 Å². The van der Waals surface area contributed by atoms with E-state index in [1.165, 1.54) is 5.69 Å². The molecule has 0 amide bonds. The van der Waals surface area contributed by atoms with E-state index in [1.54, 1.807) is 0 Å². The first-order valence-electron chi connectivity index (χ1n) is 5.47. The molecule has 0 aliphatic rings. The van der Waals surface area contributed by atoms with Crippen LogP contribution in [0, 0.1) is 0 Å². The number of anilines is 1. The molecule has 1 aromatic carbocycles. The summed E-state index contributed by atoms with van der Waals surface area (Å²) in [6, 6.07) is 12.0. The van der Waals surface area contributed by atoms with E-state index in [1.807, 2.05) is 43.5 Å². The van der Waals surface area contributed by atoms with Gasteiger partial charge < -0.3 is 15.0 Å². The Labute approximate surface area is 95.5 Å². The van der Waals surface area contributed by atoms with Crippen molar-refractivity contribution in [2.45, 2.75) is 13.5 Å². The minimum absolute atomic E-state index is 0.695. The summed E-state index contributed by atoms with van der Waals surface area (Å²) in [5.41, 5.74) is 2.24. The van der Waals surface area contributed by atoms with Crippen LogP contribution in [0.5, 0.6) is 5.75 Å². The molecule has 0 atom stereocenters. The van der Waals surface area contributed by atoms with Crippen LogP contribution >= 0.6 is 0 Å². The molecule has 3 heteroatoms. The third-order valence-electron chi connectivity index (χ3n) is 2.29. The second-order valence-electron chi connectivity index (χ2n) is 3.51. The molecule has 0 saturated heterocycles. The van der Waals surface area contributed by atoms with Crippen molar-refractivity contribution >= 4 is 5.69 Å². The summed E-state index contributed by atoms with van der Waals surface area (Å²) in [4.78, 5) is 3.15. The first-order valence-corrected chi connectivity index (χ1v) is 5.47. The lowest BCUT2D eigenvalue weighted by Gasteiger charge is -2.07. The van der Waals surface area contributed by atoms with E-state index in [2.05, 4.69) is 16.4 Å². The molecule has 0 saturated carbocycles. The fourth-order valence-corrected chi connectivity index (χ4v) is 1.54. The van der Waals surface area contributed by atoms with Crippen molar-refractivity contribution in [2.24, 2.45) is 0 Å². The highest BCUT2D eigenvalue weighted by atomic mass is 16.5. The van der Waals surface area contributed by atoms with Crippen molar-refractivity contribution in [3.8, 4) is 5.75 Å². The molecule has 0 unspecified atom stereocenters. The Morgan fingerprint density at radius 1 is 1.25 bits per heavy atom. The Morgan fingerprint density at radius 2 is 2.19 bits per heavy atom. The van der Waals surface area contributed by atoms with Gasteiger partial charge in [-0.2, -0.15) is 0 Å². The van der Waals surface area contributed by atoms with Gasteiger partial charge in [0.15, 0.2) is 0 Å². The number of hydrogen-bond donors (Lipinski definition) is 2. The molecule has 3 nitrogen and oxygen atoms in total. The summed E-state index contributed by atoms with van der Waals surface area (Å²) >= 11 is 0. The van der Waals surface area contributed by atoms with Crippen molar-refractivity contribution in [3.05, 3.63) is 48.3 Å². The maximum Gasteiger partial charge on any atom is 0.121 e. The van der Waals surface area contributed by atoms with Crippen molar-refractivity contribution in [1.82, 2.24) is 4.98 Å². The Kier molecular flexibility index (Phi) is 3.49. The van der Waals surface area contributed by atoms with Gasteiger partial charge in [0.25, 0.3) is 0 Å². The lowest BCUT2D eigenvalue weighted by Crippen LogP contribution is -2.00. The number of nitrogens with one attached hydrogen (secondary N) is 2. The van der Waals surface area contributed by atoms with Crippen LogP contribution in [0.15, 0.2) is 42.6 Å². The Hall–Kier alpha value is -1.90. The molecule has 0 radical (unpaired) electrons. The van der Waals surface area contributed by atoms with Crippen LogP contribution in [0.4, 0.5) is 5.69 Å². The standard InChI is InChI=1S/C13H16N2O/c1-2-16-13-7-3-5-11(9-13)15-10-12-6-4-8-14-12/h3-9,14-15H,2,10H2,1H3. The molecule has 0 spiro atoms. The second-order valence-corrected chi connectivity index (χ2v) is 3.51. The van der Waals surface area contributed by atoms with Crippen LogP contribution in [-0.2, 0) is 6.54 Å². The van der Waals surface area contributed by atoms with Gasteiger partial charge in [-0.15, -0.1) is 0 Å². The zero-order valence-electron chi connectivity index (χ0n) is 9.36. The fourth-order valence-electron chi connectivity index (χ4n) is 1.54. The summed E-state index contributed by atoms with van der Waals surface area (Å²) in [6.07, 6.45) is 1.92. The molecule has 2 aromatic rings. The van der Waals surface area contributed by atoms with Crippen LogP contribution in [0.2, 0.25) is 0 Å². The molecule has 0 aliphatic heterocycles.